The molecule has 16 heavy (non-hydrogen) atoms. The molecule has 1 atom stereocenters. The van der Waals surface area contributed by atoms with E-state index in [0.29, 0.717) is 5.92 Å². The fourth-order valence-electron chi connectivity index (χ4n) is 1.32. The summed E-state index contributed by atoms with van der Waals surface area (Å²) >= 11 is 11.3. The molecule has 0 fully saturated rings. The van der Waals surface area contributed by atoms with Gasteiger partial charge in [-0.1, -0.05) is 13.8 Å². The van der Waals surface area contributed by atoms with Crippen molar-refractivity contribution in [2.45, 2.75) is 26.3 Å². The highest BCUT2D eigenvalue weighted by molar-refractivity contribution is 6.31. The van der Waals surface area contributed by atoms with Gasteiger partial charge in [-0.25, -0.2) is 0 Å². The molecule has 0 aliphatic carbocycles. The quantitative estimate of drug-likeness (QED) is 0.852. The van der Waals surface area contributed by atoms with E-state index in [2.05, 4.69) is 34.1 Å². The van der Waals surface area contributed by atoms with E-state index in [1.54, 1.807) is 0 Å². The Bertz CT molecular complexity index is 328. The Morgan fingerprint density at radius 3 is 2.19 bits per heavy atom. The lowest BCUT2D eigenvalue weighted by atomic mass is 10.0. The maximum Gasteiger partial charge on any atom is 0.228 e. The van der Waals surface area contributed by atoms with Gasteiger partial charge in [0.15, 0.2) is 0 Å². The Morgan fingerprint density at radius 1 is 1.19 bits per heavy atom. The van der Waals surface area contributed by atoms with Gasteiger partial charge in [-0.15, -0.1) is 0 Å². The summed E-state index contributed by atoms with van der Waals surface area (Å²) in [6.07, 6.45) is 0.803. The molecule has 0 bridgehead atoms. The molecule has 0 radical (unpaired) electrons. The number of aliphatic hydroxyl groups excluding tert-OH is 1. The summed E-state index contributed by atoms with van der Waals surface area (Å²) in [6.45, 7) is 4.13. The van der Waals surface area contributed by atoms with E-state index < -0.39 is 0 Å². The summed E-state index contributed by atoms with van der Waals surface area (Å²) in [6, 6.07) is -0.116. The van der Waals surface area contributed by atoms with Gasteiger partial charge in [-0.2, -0.15) is 15.0 Å². The van der Waals surface area contributed by atoms with Crippen molar-refractivity contribution in [3.05, 3.63) is 10.6 Å². The van der Waals surface area contributed by atoms with E-state index in [9.17, 15) is 5.11 Å². The number of aromatic nitrogens is 3. The maximum absolute atomic E-state index is 9.18. The van der Waals surface area contributed by atoms with Crippen LogP contribution in [0.4, 0.5) is 5.95 Å². The first kappa shape index (κ1) is 13.4. The third-order valence-electron chi connectivity index (χ3n) is 1.89. The summed E-state index contributed by atoms with van der Waals surface area (Å²) in [5.74, 6) is 0.738. The molecule has 0 spiro atoms. The zero-order valence-electron chi connectivity index (χ0n) is 9.11. The topological polar surface area (TPSA) is 70.9 Å². The predicted molar refractivity (Wildman–Crippen MR) is 63.8 cm³/mol. The Labute approximate surface area is 104 Å². The predicted octanol–water partition coefficient (Wildman–Crippen LogP) is 2.00. The number of hydrogen-bond donors (Lipinski definition) is 2. The van der Waals surface area contributed by atoms with Crippen LogP contribution in [-0.2, 0) is 0 Å². The Morgan fingerprint density at radius 2 is 1.75 bits per heavy atom. The largest absolute Gasteiger partial charge is 0.394 e. The summed E-state index contributed by atoms with van der Waals surface area (Å²) in [7, 11) is 0. The van der Waals surface area contributed by atoms with Crippen molar-refractivity contribution in [2.75, 3.05) is 11.9 Å². The third kappa shape index (κ3) is 4.47. The second-order valence-corrected chi connectivity index (χ2v) is 4.53. The maximum atomic E-state index is 9.18. The smallest absolute Gasteiger partial charge is 0.228 e. The average Bonchev–Trinajstić information content (AvgIpc) is 2.14. The zero-order valence-corrected chi connectivity index (χ0v) is 10.6. The minimum atomic E-state index is -0.116. The molecule has 1 rings (SSSR count). The number of rotatable bonds is 5. The van der Waals surface area contributed by atoms with Crippen molar-refractivity contribution < 1.29 is 5.11 Å². The molecule has 7 heteroatoms. The molecule has 2 N–H and O–H groups in total. The first-order valence-electron chi connectivity index (χ1n) is 4.95. The van der Waals surface area contributed by atoms with Gasteiger partial charge in [0, 0.05) is 0 Å². The van der Waals surface area contributed by atoms with E-state index in [4.69, 9.17) is 23.2 Å². The summed E-state index contributed by atoms with van der Waals surface area (Å²) < 4.78 is 0. The molecule has 0 aliphatic rings. The summed E-state index contributed by atoms with van der Waals surface area (Å²) in [5.41, 5.74) is 0. The molecule has 1 aromatic rings. The van der Waals surface area contributed by atoms with Crippen molar-refractivity contribution in [3.8, 4) is 0 Å². The summed E-state index contributed by atoms with van der Waals surface area (Å²) in [5, 5.41) is 12.2. The Hall–Kier alpha value is -0.650. The lowest BCUT2D eigenvalue weighted by Crippen LogP contribution is -2.26. The summed E-state index contributed by atoms with van der Waals surface area (Å²) in [4.78, 5) is 11.4. The standard InChI is InChI=1S/C9H14Cl2N4O/c1-5(2)3-6(4-16)12-9-14-7(10)13-8(11)15-9/h5-6,16H,3-4H2,1-2H3,(H,12,13,14,15)/t6-/m1/s1. The average molecular weight is 265 g/mol. The van der Waals surface area contributed by atoms with Gasteiger partial charge in [0.1, 0.15) is 0 Å². The van der Waals surface area contributed by atoms with Gasteiger partial charge < -0.3 is 10.4 Å². The van der Waals surface area contributed by atoms with Gasteiger partial charge in [-0.3, -0.25) is 0 Å². The Balaban J connectivity index is 2.69. The first-order valence-corrected chi connectivity index (χ1v) is 5.71. The molecule has 1 heterocycles. The van der Waals surface area contributed by atoms with Crippen molar-refractivity contribution >= 4 is 29.2 Å². The van der Waals surface area contributed by atoms with E-state index in [-0.39, 0.29) is 29.2 Å². The van der Waals surface area contributed by atoms with Crippen LogP contribution in [0.2, 0.25) is 10.6 Å². The van der Waals surface area contributed by atoms with E-state index in [1.807, 2.05) is 0 Å². The molecule has 0 saturated carbocycles. The number of aliphatic hydroxyl groups is 1. The minimum absolute atomic E-state index is 0.000892. The number of nitrogens with zero attached hydrogens (tertiary/aromatic N) is 3. The molecule has 90 valence electrons. The normalized spacial score (nSPS) is 12.9. The van der Waals surface area contributed by atoms with Gasteiger partial charge >= 0.3 is 0 Å². The number of anilines is 1. The number of halogens is 2. The Kier molecular flexibility index (Phi) is 5.18. The fourth-order valence-corrected chi connectivity index (χ4v) is 1.68. The third-order valence-corrected chi connectivity index (χ3v) is 2.23. The van der Waals surface area contributed by atoms with Crippen molar-refractivity contribution in [3.63, 3.8) is 0 Å². The second kappa shape index (κ2) is 6.18. The van der Waals surface area contributed by atoms with Crippen molar-refractivity contribution in [1.82, 2.24) is 15.0 Å². The molecular weight excluding hydrogens is 251 g/mol. The van der Waals surface area contributed by atoms with Gasteiger partial charge in [0.2, 0.25) is 16.5 Å². The van der Waals surface area contributed by atoms with Crippen LogP contribution in [0.5, 0.6) is 0 Å². The highest BCUT2D eigenvalue weighted by atomic mass is 35.5. The first-order chi connectivity index (χ1) is 7.51. The van der Waals surface area contributed by atoms with Crippen LogP contribution in [0.25, 0.3) is 0 Å². The van der Waals surface area contributed by atoms with Crippen molar-refractivity contribution in [1.29, 1.82) is 0 Å². The van der Waals surface area contributed by atoms with Crippen LogP contribution in [0, 0.1) is 5.92 Å². The molecule has 0 unspecified atom stereocenters. The van der Waals surface area contributed by atoms with E-state index >= 15 is 0 Å². The number of hydrogen-bond acceptors (Lipinski definition) is 5. The molecule has 0 aromatic carbocycles. The second-order valence-electron chi connectivity index (χ2n) is 3.85. The molecule has 5 nitrogen and oxygen atoms in total. The molecule has 1 aromatic heterocycles. The zero-order chi connectivity index (χ0) is 12.1. The van der Waals surface area contributed by atoms with Gasteiger partial charge in [0.05, 0.1) is 12.6 Å². The molecule has 0 saturated heterocycles. The molecule has 0 aliphatic heterocycles. The van der Waals surface area contributed by atoms with Crippen LogP contribution >= 0.6 is 23.2 Å². The minimum Gasteiger partial charge on any atom is -0.394 e. The fraction of sp³-hybridized carbons (Fsp3) is 0.667. The van der Waals surface area contributed by atoms with Gasteiger partial charge in [-0.05, 0) is 35.5 Å². The van der Waals surface area contributed by atoms with E-state index in [1.165, 1.54) is 0 Å². The van der Waals surface area contributed by atoms with Crippen LogP contribution in [-0.4, -0.2) is 32.7 Å². The van der Waals surface area contributed by atoms with Crippen LogP contribution in [0.15, 0.2) is 0 Å². The van der Waals surface area contributed by atoms with Crippen LogP contribution < -0.4 is 5.32 Å². The SMILES string of the molecule is CC(C)C[C@H](CO)Nc1nc(Cl)nc(Cl)n1. The molecule has 0 amide bonds. The number of nitrogens with one attached hydrogen (secondary N) is 1. The highest BCUT2D eigenvalue weighted by Crippen LogP contribution is 2.13. The van der Waals surface area contributed by atoms with Crippen molar-refractivity contribution in [2.24, 2.45) is 5.92 Å². The molecular formula is C9H14Cl2N4O. The lowest BCUT2D eigenvalue weighted by Gasteiger charge is -2.17. The lowest BCUT2D eigenvalue weighted by molar-refractivity contribution is 0.259. The van der Waals surface area contributed by atoms with Crippen LogP contribution in [0.1, 0.15) is 20.3 Å². The highest BCUT2D eigenvalue weighted by Gasteiger charge is 2.12. The monoisotopic (exact) mass is 264 g/mol. The van der Waals surface area contributed by atoms with E-state index in [0.717, 1.165) is 6.42 Å². The van der Waals surface area contributed by atoms with Crippen LogP contribution in [0.3, 0.4) is 0 Å². The van der Waals surface area contributed by atoms with Gasteiger partial charge in [0.25, 0.3) is 0 Å².